The fourth-order valence-electron chi connectivity index (χ4n) is 1.66. The molecule has 7 nitrogen and oxygen atoms in total. The van der Waals surface area contributed by atoms with E-state index in [1.54, 1.807) is 49.3 Å². The molecular weight excluding hydrogens is 304 g/mol. The second-order valence-corrected chi connectivity index (χ2v) is 6.55. The van der Waals surface area contributed by atoms with Gasteiger partial charge in [-0.05, 0) is 32.2 Å². The third kappa shape index (κ3) is 4.66. The maximum atomic E-state index is 12.1. The molecule has 2 aromatic heterocycles. The monoisotopic (exact) mass is 322 g/mol. The Bertz CT molecular complexity index is 643. The molecule has 0 saturated carbocycles. The van der Waals surface area contributed by atoms with Gasteiger partial charge in [0.25, 0.3) is 0 Å². The van der Waals surface area contributed by atoms with Crippen molar-refractivity contribution < 1.29 is 14.3 Å². The van der Waals surface area contributed by atoms with Crippen molar-refractivity contribution in [1.29, 1.82) is 0 Å². The van der Waals surface area contributed by atoms with Crippen molar-refractivity contribution in [3.8, 4) is 0 Å². The van der Waals surface area contributed by atoms with Crippen molar-refractivity contribution in [2.75, 3.05) is 5.32 Å². The van der Waals surface area contributed by atoms with Crippen molar-refractivity contribution >= 4 is 28.2 Å². The van der Waals surface area contributed by atoms with E-state index in [-0.39, 0.29) is 12.3 Å². The second-order valence-electron chi connectivity index (χ2n) is 5.63. The van der Waals surface area contributed by atoms with Crippen LogP contribution in [-0.2, 0) is 16.1 Å². The highest BCUT2D eigenvalue weighted by Gasteiger charge is 2.22. The highest BCUT2D eigenvalue weighted by Crippen LogP contribution is 2.25. The molecular formula is C14H18N4O3S. The van der Waals surface area contributed by atoms with Crippen LogP contribution >= 0.6 is 11.3 Å². The molecule has 1 N–H and O–H groups in total. The summed E-state index contributed by atoms with van der Waals surface area (Å²) in [5, 5.41) is 12.4. The molecule has 0 aromatic carbocycles. The molecule has 0 aliphatic heterocycles. The van der Waals surface area contributed by atoms with Crippen LogP contribution in [0.3, 0.4) is 0 Å². The molecule has 22 heavy (non-hydrogen) atoms. The minimum absolute atomic E-state index is 0.192. The Labute approximate surface area is 132 Å². The summed E-state index contributed by atoms with van der Waals surface area (Å²) in [6.07, 6.45) is 3.48. The van der Waals surface area contributed by atoms with Gasteiger partial charge < -0.3 is 10.1 Å². The van der Waals surface area contributed by atoms with Crippen molar-refractivity contribution in [1.82, 2.24) is 15.0 Å². The maximum absolute atomic E-state index is 12.1. The summed E-state index contributed by atoms with van der Waals surface area (Å²) < 4.78 is 6.89. The number of rotatable bonds is 5. The highest BCUT2D eigenvalue weighted by molar-refractivity contribution is 7.14. The van der Waals surface area contributed by atoms with E-state index in [1.807, 2.05) is 0 Å². The molecule has 118 valence electrons. The summed E-state index contributed by atoms with van der Waals surface area (Å²) in [4.78, 5) is 24.0. The molecule has 2 heterocycles. The van der Waals surface area contributed by atoms with E-state index in [4.69, 9.17) is 4.74 Å². The lowest BCUT2D eigenvalue weighted by Gasteiger charge is -2.19. The van der Waals surface area contributed by atoms with Gasteiger partial charge in [-0.1, -0.05) is 5.21 Å². The zero-order valence-electron chi connectivity index (χ0n) is 12.7. The molecule has 0 saturated heterocycles. The fourth-order valence-corrected chi connectivity index (χ4v) is 2.45. The Morgan fingerprint density at radius 2 is 2.18 bits per heavy atom. The predicted octanol–water partition coefficient (Wildman–Crippen LogP) is 2.32. The van der Waals surface area contributed by atoms with Crippen molar-refractivity contribution in [2.45, 2.75) is 39.3 Å². The summed E-state index contributed by atoms with van der Waals surface area (Å²) >= 11 is 1.29. The van der Waals surface area contributed by atoms with Crippen molar-refractivity contribution in [3.05, 3.63) is 29.4 Å². The molecule has 0 fully saturated rings. The molecule has 2 rings (SSSR count). The fraction of sp³-hybridized carbons (Fsp3) is 0.429. The summed E-state index contributed by atoms with van der Waals surface area (Å²) in [5.74, 6) is -0.636. The van der Waals surface area contributed by atoms with E-state index < -0.39 is 11.6 Å². The van der Waals surface area contributed by atoms with E-state index >= 15 is 0 Å². The zero-order valence-corrected chi connectivity index (χ0v) is 13.5. The number of carbonyl (C=O) groups excluding carboxylic acids is 2. The smallest absolute Gasteiger partial charge is 0.341 e. The largest absolute Gasteiger partial charge is 0.456 e. The average molecular weight is 322 g/mol. The predicted molar refractivity (Wildman–Crippen MR) is 82.8 cm³/mol. The Hall–Kier alpha value is -2.22. The van der Waals surface area contributed by atoms with Crippen LogP contribution in [0.25, 0.3) is 0 Å². The molecule has 0 unspecified atom stereocenters. The molecule has 0 aliphatic rings. The van der Waals surface area contributed by atoms with Gasteiger partial charge >= 0.3 is 5.97 Å². The number of anilines is 1. The van der Waals surface area contributed by atoms with Crippen LogP contribution < -0.4 is 5.32 Å². The van der Waals surface area contributed by atoms with Crippen LogP contribution in [0.5, 0.6) is 0 Å². The average Bonchev–Trinajstić information content (AvgIpc) is 3.05. The Balaban J connectivity index is 1.94. The maximum Gasteiger partial charge on any atom is 0.341 e. The molecule has 2 aromatic rings. The van der Waals surface area contributed by atoms with E-state index in [0.717, 1.165) is 0 Å². The number of hydrogen-bond acceptors (Lipinski definition) is 6. The second kappa shape index (κ2) is 6.69. The highest BCUT2D eigenvalue weighted by atomic mass is 32.1. The number of esters is 1. The number of nitrogens with zero attached hydrogens (tertiary/aromatic N) is 3. The Morgan fingerprint density at radius 3 is 2.82 bits per heavy atom. The quantitative estimate of drug-likeness (QED) is 0.854. The standard InChI is InChI=1S/C14H18N4O3S/c1-14(2,3)21-13(20)10-5-9-22-12(10)16-11(19)4-7-18-8-6-15-17-18/h5-6,8-9H,4,7H2,1-3H3,(H,16,19). The molecule has 0 spiro atoms. The molecule has 0 atom stereocenters. The molecule has 8 heteroatoms. The topological polar surface area (TPSA) is 86.1 Å². The van der Waals surface area contributed by atoms with Crippen LogP contribution in [0.4, 0.5) is 5.00 Å². The van der Waals surface area contributed by atoms with Gasteiger partial charge in [-0.15, -0.1) is 16.4 Å². The summed E-state index contributed by atoms with van der Waals surface area (Å²) in [7, 11) is 0. The molecule has 0 radical (unpaired) electrons. The van der Waals surface area contributed by atoms with E-state index in [2.05, 4.69) is 15.6 Å². The summed E-state index contributed by atoms with van der Waals surface area (Å²) in [6, 6.07) is 1.64. The SMILES string of the molecule is CC(C)(C)OC(=O)c1ccsc1NC(=O)CCn1ccnn1. The third-order valence-electron chi connectivity index (χ3n) is 2.58. The Kier molecular flexibility index (Phi) is 4.92. The first-order chi connectivity index (χ1) is 10.3. The number of hydrogen-bond donors (Lipinski definition) is 1. The van der Waals surface area contributed by atoms with E-state index in [0.29, 0.717) is 17.1 Å². The molecule has 0 bridgehead atoms. The van der Waals surface area contributed by atoms with Gasteiger partial charge in [-0.3, -0.25) is 9.48 Å². The van der Waals surface area contributed by atoms with Gasteiger partial charge in [0.15, 0.2) is 0 Å². The minimum atomic E-state index is -0.576. The van der Waals surface area contributed by atoms with Crippen LogP contribution in [0.1, 0.15) is 37.6 Å². The first kappa shape index (κ1) is 16.2. The molecule has 1 amide bonds. The van der Waals surface area contributed by atoms with Crippen LogP contribution in [0, 0.1) is 0 Å². The van der Waals surface area contributed by atoms with E-state index in [1.165, 1.54) is 11.3 Å². The summed E-state index contributed by atoms with van der Waals surface area (Å²) in [6.45, 7) is 5.83. The molecule has 0 aliphatic carbocycles. The van der Waals surface area contributed by atoms with Crippen LogP contribution in [0.15, 0.2) is 23.8 Å². The van der Waals surface area contributed by atoms with Gasteiger partial charge in [0.2, 0.25) is 5.91 Å². The lowest BCUT2D eigenvalue weighted by atomic mass is 10.2. The normalized spacial score (nSPS) is 11.2. The lowest BCUT2D eigenvalue weighted by Crippen LogP contribution is -2.24. The van der Waals surface area contributed by atoms with Gasteiger partial charge in [0.05, 0.1) is 18.3 Å². The number of carbonyl (C=O) groups is 2. The number of aryl methyl sites for hydroxylation is 1. The number of thiophene rings is 1. The first-order valence-electron chi connectivity index (χ1n) is 6.80. The minimum Gasteiger partial charge on any atom is -0.456 e. The third-order valence-corrected chi connectivity index (χ3v) is 3.41. The van der Waals surface area contributed by atoms with Crippen LogP contribution in [-0.4, -0.2) is 32.5 Å². The van der Waals surface area contributed by atoms with Gasteiger partial charge in [-0.25, -0.2) is 4.79 Å². The number of nitrogens with one attached hydrogen (secondary N) is 1. The van der Waals surface area contributed by atoms with Gasteiger partial charge in [-0.2, -0.15) is 0 Å². The van der Waals surface area contributed by atoms with Crippen molar-refractivity contribution in [2.24, 2.45) is 0 Å². The van der Waals surface area contributed by atoms with Crippen molar-refractivity contribution in [3.63, 3.8) is 0 Å². The number of amides is 1. The van der Waals surface area contributed by atoms with Gasteiger partial charge in [0.1, 0.15) is 10.6 Å². The van der Waals surface area contributed by atoms with Gasteiger partial charge in [0, 0.05) is 12.6 Å². The Morgan fingerprint density at radius 1 is 1.41 bits per heavy atom. The zero-order chi connectivity index (χ0) is 16.2. The summed E-state index contributed by atoms with van der Waals surface area (Å²) in [5.41, 5.74) is -0.207. The van der Waals surface area contributed by atoms with Crippen LogP contribution in [0.2, 0.25) is 0 Å². The number of ether oxygens (including phenoxy) is 1. The lowest BCUT2D eigenvalue weighted by molar-refractivity contribution is -0.116. The van der Waals surface area contributed by atoms with E-state index in [9.17, 15) is 9.59 Å². The number of aromatic nitrogens is 3. The first-order valence-corrected chi connectivity index (χ1v) is 7.68.